The molecular weight excluding hydrogens is 232 g/mol. The molecule has 1 heterocycles. The Labute approximate surface area is 104 Å². The molecule has 0 fully saturated rings. The molecule has 0 unspecified atom stereocenters. The van der Waals surface area contributed by atoms with Gasteiger partial charge in [-0.3, -0.25) is 4.79 Å². The molecule has 0 radical (unpaired) electrons. The zero-order valence-electron chi connectivity index (χ0n) is 9.75. The largest absolute Gasteiger partial charge is 0.495 e. The number of carbonyl (C=O) groups is 1. The molecule has 0 spiro atoms. The van der Waals surface area contributed by atoms with Crippen molar-refractivity contribution >= 4 is 17.4 Å². The number of nitrogens with one attached hydrogen (secondary N) is 1. The highest BCUT2D eigenvalue weighted by Crippen LogP contribution is 2.22. The van der Waals surface area contributed by atoms with Gasteiger partial charge in [-0.25, -0.2) is 9.97 Å². The van der Waals surface area contributed by atoms with E-state index in [1.165, 1.54) is 13.4 Å². The van der Waals surface area contributed by atoms with Crippen LogP contribution in [0.25, 0.3) is 0 Å². The molecule has 3 N–H and O–H groups in total. The number of amides is 1. The number of hydrogen-bond donors (Lipinski definition) is 2. The summed E-state index contributed by atoms with van der Waals surface area (Å²) in [6.45, 7) is 0. The molecule has 0 aliphatic heterocycles. The summed E-state index contributed by atoms with van der Waals surface area (Å²) in [5.41, 5.74) is 6.60. The van der Waals surface area contributed by atoms with Crippen molar-refractivity contribution in [1.82, 2.24) is 9.97 Å². The van der Waals surface area contributed by atoms with Crippen molar-refractivity contribution in [3.8, 4) is 5.75 Å². The maximum Gasteiger partial charge on any atom is 0.256 e. The second kappa shape index (κ2) is 5.13. The van der Waals surface area contributed by atoms with Crippen LogP contribution in [0, 0.1) is 0 Å². The smallest absolute Gasteiger partial charge is 0.256 e. The lowest BCUT2D eigenvalue weighted by Gasteiger charge is -2.07. The lowest BCUT2D eigenvalue weighted by Crippen LogP contribution is -2.13. The van der Waals surface area contributed by atoms with Gasteiger partial charge < -0.3 is 15.8 Å². The van der Waals surface area contributed by atoms with E-state index >= 15 is 0 Å². The Kier molecular flexibility index (Phi) is 3.38. The zero-order valence-corrected chi connectivity index (χ0v) is 9.75. The van der Waals surface area contributed by atoms with Gasteiger partial charge in [0.25, 0.3) is 5.91 Å². The topological polar surface area (TPSA) is 90.1 Å². The number of benzene rings is 1. The average Bonchev–Trinajstić information content (AvgIpc) is 2.40. The first-order valence-electron chi connectivity index (χ1n) is 5.21. The Morgan fingerprint density at radius 1 is 1.39 bits per heavy atom. The molecule has 2 aromatic rings. The highest BCUT2D eigenvalue weighted by molar-refractivity contribution is 6.04. The highest BCUT2D eigenvalue weighted by Gasteiger charge is 2.09. The average molecular weight is 244 g/mol. The Morgan fingerprint density at radius 3 is 2.89 bits per heavy atom. The second-order valence-corrected chi connectivity index (χ2v) is 3.51. The lowest BCUT2D eigenvalue weighted by atomic mass is 10.2. The molecule has 0 saturated heterocycles. The molecule has 0 aliphatic carbocycles. The maximum atomic E-state index is 11.9. The number of carbonyl (C=O) groups excluding carboxylic acids is 1. The summed E-state index contributed by atoms with van der Waals surface area (Å²) < 4.78 is 5.06. The first-order valence-corrected chi connectivity index (χ1v) is 5.21. The second-order valence-electron chi connectivity index (χ2n) is 3.51. The highest BCUT2D eigenvalue weighted by atomic mass is 16.5. The first kappa shape index (κ1) is 11.8. The summed E-state index contributed by atoms with van der Waals surface area (Å²) in [5, 5.41) is 2.64. The van der Waals surface area contributed by atoms with Crippen molar-refractivity contribution in [3.63, 3.8) is 0 Å². The van der Waals surface area contributed by atoms with E-state index in [4.69, 9.17) is 10.5 Å². The summed E-state index contributed by atoms with van der Waals surface area (Å²) in [6.07, 6.45) is 2.91. The molecule has 1 aromatic carbocycles. The summed E-state index contributed by atoms with van der Waals surface area (Å²) in [7, 11) is 1.50. The monoisotopic (exact) mass is 244 g/mol. The van der Waals surface area contributed by atoms with Crippen LogP contribution in [-0.4, -0.2) is 23.0 Å². The summed E-state index contributed by atoms with van der Waals surface area (Å²) in [6, 6.07) is 6.42. The third kappa shape index (κ3) is 2.54. The Bertz CT molecular complexity index is 557. The van der Waals surface area contributed by atoms with Crippen LogP contribution in [-0.2, 0) is 0 Å². The fourth-order valence-corrected chi connectivity index (χ4v) is 1.41. The predicted octanol–water partition coefficient (Wildman–Crippen LogP) is 1.32. The van der Waals surface area contributed by atoms with Crippen molar-refractivity contribution in [1.29, 1.82) is 0 Å². The zero-order chi connectivity index (χ0) is 13.0. The number of aromatic nitrogens is 2. The Hall–Kier alpha value is -2.63. The van der Waals surface area contributed by atoms with Gasteiger partial charge in [-0.15, -0.1) is 0 Å². The third-order valence-corrected chi connectivity index (χ3v) is 2.32. The van der Waals surface area contributed by atoms with Gasteiger partial charge in [-0.1, -0.05) is 0 Å². The molecule has 1 aromatic heterocycles. The number of hydrogen-bond acceptors (Lipinski definition) is 5. The van der Waals surface area contributed by atoms with Crippen LogP contribution in [0.2, 0.25) is 0 Å². The van der Waals surface area contributed by atoms with Crippen molar-refractivity contribution in [2.45, 2.75) is 0 Å². The van der Waals surface area contributed by atoms with E-state index in [1.54, 1.807) is 30.5 Å². The van der Waals surface area contributed by atoms with E-state index in [2.05, 4.69) is 15.3 Å². The van der Waals surface area contributed by atoms with Gasteiger partial charge in [-0.2, -0.15) is 0 Å². The third-order valence-electron chi connectivity index (χ3n) is 2.32. The van der Waals surface area contributed by atoms with Crippen LogP contribution in [0.5, 0.6) is 5.75 Å². The molecule has 1 amide bonds. The molecule has 0 aliphatic rings. The van der Waals surface area contributed by atoms with E-state index in [0.717, 1.165) is 0 Å². The number of nitrogens with zero attached hydrogens (tertiary/aromatic N) is 2. The van der Waals surface area contributed by atoms with Gasteiger partial charge in [0.05, 0.1) is 12.8 Å². The minimum absolute atomic E-state index is 0.285. The molecule has 2 rings (SSSR count). The molecule has 18 heavy (non-hydrogen) atoms. The fourth-order valence-electron chi connectivity index (χ4n) is 1.41. The summed E-state index contributed by atoms with van der Waals surface area (Å²) in [5.74, 6) is 0.614. The van der Waals surface area contributed by atoms with Gasteiger partial charge >= 0.3 is 0 Å². The molecule has 6 heteroatoms. The first-order chi connectivity index (χ1) is 8.70. The van der Waals surface area contributed by atoms with Crippen molar-refractivity contribution in [3.05, 3.63) is 42.4 Å². The van der Waals surface area contributed by atoms with E-state index in [9.17, 15) is 4.79 Å². The van der Waals surface area contributed by atoms with Gasteiger partial charge in [0.1, 0.15) is 17.9 Å². The lowest BCUT2D eigenvalue weighted by molar-refractivity contribution is 0.102. The molecule has 0 saturated carbocycles. The van der Waals surface area contributed by atoms with Crippen LogP contribution in [0.4, 0.5) is 11.5 Å². The van der Waals surface area contributed by atoms with E-state index in [0.29, 0.717) is 22.8 Å². The molecule has 6 nitrogen and oxygen atoms in total. The maximum absolute atomic E-state index is 11.9. The number of anilines is 2. The Morgan fingerprint density at radius 2 is 2.22 bits per heavy atom. The minimum atomic E-state index is -0.285. The van der Waals surface area contributed by atoms with Crippen LogP contribution in [0.3, 0.4) is 0 Å². The number of ether oxygens (including phenoxy) is 1. The van der Waals surface area contributed by atoms with E-state index in [1.807, 2.05) is 0 Å². The van der Waals surface area contributed by atoms with Gasteiger partial charge in [0, 0.05) is 11.8 Å². The molecule has 92 valence electrons. The van der Waals surface area contributed by atoms with Gasteiger partial charge in [0.15, 0.2) is 0 Å². The predicted molar refractivity (Wildman–Crippen MR) is 67.4 cm³/mol. The fraction of sp³-hybridized carbons (Fsp3) is 0.0833. The van der Waals surface area contributed by atoms with Crippen LogP contribution >= 0.6 is 0 Å². The van der Waals surface area contributed by atoms with Crippen molar-refractivity contribution in [2.75, 3.05) is 18.2 Å². The Balaban J connectivity index is 2.19. The number of nitrogen functional groups attached to an aromatic ring is 1. The van der Waals surface area contributed by atoms with E-state index < -0.39 is 0 Å². The van der Waals surface area contributed by atoms with Crippen molar-refractivity contribution < 1.29 is 9.53 Å². The molecule has 0 atom stereocenters. The number of rotatable bonds is 3. The standard InChI is InChI=1S/C12H12N4O2/c1-18-10-6-8(2-3-9(10)13)12(17)16-11-4-5-14-7-15-11/h2-7H,13H2,1H3,(H,14,15,16,17). The summed E-state index contributed by atoms with van der Waals surface area (Å²) >= 11 is 0. The minimum Gasteiger partial charge on any atom is -0.495 e. The molecular formula is C12H12N4O2. The summed E-state index contributed by atoms with van der Waals surface area (Å²) in [4.78, 5) is 19.6. The van der Waals surface area contributed by atoms with E-state index in [-0.39, 0.29) is 5.91 Å². The van der Waals surface area contributed by atoms with Crippen LogP contribution in [0.1, 0.15) is 10.4 Å². The normalized spacial score (nSPS) is 9.83. The van der Waals surface area contributed by atoms with Crippen LogP contribution in [0.15, 0.2) is 36.8 Å². The number of nitrogens with two attached hydrogens (primary N) is 1. The van der Waals surface area contributed by atoms with Crippen molar-refractivity contribution in [2.24, 2.45) is 0 Å². The van der Waals surface area contributed by atoms with Crippen LogP contribution < -0.4 is 15.8 Å². The SMILES string of the molecule is COc1cc(C(=O)Nc2ccncn2)ccc1N. The van der Waals surface area contributed by atoms with Gasteiger partial charge in [-0.05, 0) is 24.3 Å². The number of methoxy groups -OCH3 is 1. The quantitative estimate of drug-likeness (QED) is 0.795. The molecule has 0 bridgehead atoms. The van der Waals surface area contributed by atoms with Gasteiger partial charge in [0.2, 0.25) is 0 Å².